The van der Waals surface area contributed by atoms with E-state index in [0.717, 1.165) is 11.1 Å². The van der Waals surface area contributed by atoms with Crippen LogP contribution in [0.1, 0.15) is 18.1 Å². The van der Waals surface area contributed by atoms with Crippen molar-refractivity contribution in [3.63, 3.8) is 0 Å². The van der Waals surface area contributed by atoms with Crippen molar-refractivity contribution in [2.24, 2.45) is 5.73 Å². The lowest BCUT2D eigenvalue weighted by molar-refractivity contribution is 0.0199. The quantitative estimate of drug-likeness (QED) is 0.862. The van der Waals surface area contributed by atoms with Gasteiger partial charge in [0.05, 0.1) is 5.60 Å². The van der Waals surface area contributed by atoms with Crippen LogP contribution in [0.4, 0.5) is 0 Å². The van der Waals surface area contributed by atoms with Gasteiger partial charge < -0.3 is 10.8 Å². The van der Waals surface area contributed by atoms with Crippen molar-refractivity contribution >= 4 is 0 Å². The summed E-state index contributed by atoms with van der Waals surface area (Å²) in [5, 5.41) is 10.9. The molecule has 2 rings (SSSR count). The second-order valence-corrected chi connectivity index (χ2v) is 5.22. The smallest absolute Gasteiger partial charge is 0.0875 e. The Balaban J connectivity index is 2.18. The van der Waals surface area contributed by atoms with Gasteiger partial charge in [0, 0.05) is 18.9 Å². The second-order valence-electron chi connectivity index (χ2n) is 5.22. The largest absolute Gasteiger partial charge is 0.388 e. The van der Waals surface area contributed by atoms with Crippen LogP contribution in [0.15, 0.2) is 60.7 Å². The summed E-state index contributed by atoms with van der Waals surface area (Å²) < 4.78 is 0. The van der Waals surface area contributed by atoms with Crippen LogP contribution in [0.3, 0.4) is 0 Å². The first-order valence-electron chi connectivity index (χ1n) is 6.66. The molecular weight excluding hydrogens is 234 g/mol. The number of hydrogen-bond acceptors (Lipinski definition) is 2. The number of nitrogens with two attached hydrogens (primary N) is 1. The Kier molecular flexibility index (Phi) is 4.35. The minimum absolute atomic E-state index is 0.284. The zero-order valence-electron chi connectivity index (χ0n) is 11.3. The van der Waals surface area contributed by atoms with E-state index in [1.165, 1.54) is 0 Å². The van der Waals surface area contributed by atoms with Crippen molar-refractivity contribution in [2.75, 3.05) is 0 Å². The lowest BCUT2D eigenvalue weighted by Crippen LogP contribution is -2.49. The molecular formula is C17H21NO. The lowest BCUT2D eigenvalue weighted by Gasteiger charge is -2.32. The fourth-order valence-electron chi connectivity index (χ4n) is 2.28. The summed E-state index contributed by atoms with van der Waals surface area (Å²) in [5.41, 5.74) is 7.32. The summed E-state index contributed by atoms with van der Waals surface area (Å²) >= 11 is 0. The molecule has 0 aliphatic rings. The van der Waals surface area contributed by atoms with Crippen molar-refractivity contribution < 1.29 is 5.11 Å². The maximum absolute atomic E-state index is 10.9. The number of hydrogen-bond donors (Lipinski definition) is 2. The summed E-state index contributed by atoms with van der Waals surface area (Å²) in [6.45, 7) is 1.87. The van der Waals surface area contributed by atoms with Crippen LogP contribution in [0.5, 0.6) is 0 Å². The van der Waals surface area contributed by atoms with E-state index in [4.69, 9.17) is 5.73 Å². The normalized spacial score (nSPS) is 13.2. The summed E-state index contributed by atoms with van der Waals surface area (Å²) in [5.74, 6) is 0. The third-order valence-corrected chi connectivity index (χ3v) is 3.55. The summed E-state index contributed by atoms with van der Waals surface area (Å²) in [4.78, 5) is 0. The zero-order chi connectivity index (χ0) is 13.7. The van der Waals surface area contributed by atoms with Crippen LogP contribution in [0.25, 0.3) is 0 Å². The molecule has 0 heterocycles. The Morgan fingerprint density at radius 2 is 1.26 bits per heavy atom. The Morgan fingerprint density at radius 3 is 1.58 bits per heavy atom. The van der Waals surface area contributed by atoms with Crippen LogP contribution >= 0.6 is 0 Å². The molecule has 0 fully saturated rings. The Hall–Kier alpha value is -1.64. The standard InChI is InChI=1S/C17H21NO/c1-14(18)17(19,12-15-8-4-2-5-9-15)13-16-10-6-3-7-11-16/h2-11,14,19H,12-13,18H2,1H3/t14-/m1/s1. The minimum Gasteiger partial charge on any atom is -0.388 e. The molecule has 1 atom stereocenters. The van der Waals surface area contributed by atoms with Gasteiger partial charge >= 0.3 is 0 Å². The molecule has 100 valence electrons. The molecule has 0 aliphatic heterocycles. The highest BCUT2D eigenvalue weighted by molar-refractivity contribution is 5.22. The highest BCUT2D eigenvalue weighted by atomic mass is 16.3. The van der Waals surface area contributed by atoms with Crippen molar-refractivity contribution in [2.45, 2.75) is 31.4 Å². The predicted molar refractivity (Wildman–Crippen MR) is 78.9 cm³/mol. The molecule has 0 unspecified atom stereocenters. The van der Waals surface area contributed by atoms with Crippen molar-refractivity contribution in [1.82, 2.24) is 0 Å². The fourth-order valence-corrected chi connectivity index (χ4v) is 2.28. The van der Waals surface area contributed by atoms with Crippen molar-refractivity contribution in [3.8, 4) is 0 Å². The van der Waals surface area contributed by atoms with Crippen molar-refractivity contribution in [3.05, 3.63) is 71.8 Å². The van der Waals surface area contributed by atoms with Gasteiger partial charge in [-0.15, -0.1) is 0 Å². The molecule has 0 radical (unpaired) electrons. The highest BCUT2D eigenvalue weighted by Gasteiger charge is 2.31. The molecule has 19 heavy (non-hydrogen) atoms. The van der Waals surface area contributed by atoms with Gasteiger partial charge in [-0.2, -0.15) is 0 Å². The van der Waals surface area contributed by atoms with Crippen LogP contribution in [-0.4, -0.2) is 16.7 Å². The van der Waals surface area contributed by atoms with Crippen molar-refractivity contribution in [1.29, 1.82) is 0 Å². The summed E-state index contributed by atoms with van der Waals surface area (Å²) in [6.07, 6.45) is 1.14. The maximum Gasteiger partial charge on any atom is 0.0875 e. The fraction of sp³-hybridized carbons (Fsp3) is 0.294. The molecule has 2 heteroatoms. The molecule has 0 saturated carbocycles. The van der Waals surface area contributed by atoms with Gasteiger partial charge in [-0.05, 0) is 18.1 Å². The first-order chi connectivity index (χ1) is 9.10. The topological polar surface area (TPSA) is 46.2 Å². The van der Waals surface area contributed by atoms with E-state index in [0.29, 0.717) is 12.8 Å². The van der Waals surface area contributed by atoms with E-state index >= 15 is 0 Å². The summed E-state index contributed by atoms with van der Waals surface area (Å²) in [7, 11) is 0. The second kappa shape index (κ2) is 6.00. The molecule has 0 amide bonds. The zero-order valence-corrected chi connectivity index (χ0v) is 11.3. The molecule has 0 bridgehead atoms. The monoisotopic (exact) mass is 255 g/mol. The minimum atomic E-state index is -0.914. The SMILES string of the molecule is C[C@@H](N)C(O)(Cc1ccccc1)Cc1ccccc1. The molecule has 2 aromatic rings. The van der Waals surface area contributed by atoms with E-state index < -0.39 is 5.60 Å². The van der Waals surface area contributed by atoms with E-state index in [1.807, 2.05) is 67.6 Å². The molecule has 0 spiro atoms. The average Bonchev–Trinajstić information content (AvgIpc) is 2.40. The van der Waals surface area contributed by atoms with Gasteiger partial charge in [-0.25, -0.2) is 0 Å². The average molecular weight is 255 g/mol. The number of benzene rings is 2. The van der Waals surface area contributed by atoms with Gasteiger partial charge in [-0.1, -0.05) is 60.7 Å². The van der Waals surface area contributed by atoms with Gasteiger partial charge in [0.15, 0.2) is 0 Å². The highest BCUT2D eigenvalue weighted by Crippen LogP contribution is 2.22. The number of aliphatic hydroxyl groups is 1. The number of rotatable bonds is 5. The van der Waals surface area contributed by atoms with E-state index in [9.17, 15) is 5.11 Å². The third-order valence-electron chi connectivity index (χ3n) is 3.55. The van der Waals surface area contributed by atoms with Crippen LogP contribution in [0.2, 0.25) is 0 Å². The first kappa shape index (κ1) is 13.8. The molecule has 0 aromatic heterocycles. The van der Waals surface area contributed by atoms with Gasteiger partial charge in [-0.3, -0.25) is 0 Å². The van der Waals surface area contributed by atoms with Crippen LogP contribution < -0.4 is 5.73 Å². The van der Waals surface area contributed by atoms with E-state index in [-0.39, 0.29) is 6.04 Å². The third kappa shape index (κ3) is 3.66. The van der Waals surface area contributed by atoms with Gasteiger partial charge in [0.1, 0.15) is 0 Å². The van der Waals surface area contributed by atoms with E-state index in [1.54, 1.807) is 0 Å². The summed E-state index contributed by atoms with van der Waals surface area (Å²) in [6, 6.07) is 19.7. The predicted octanol–water partition coefficient (Wildman–Crippen LogP) is 2.55. The Bertz CT molecular complexity index is 452. The molecule has 2 aromatic carbocycles. The molecule has 0 saturated heterocycles. The lowest BCUT2D eigenvalue weighted by atomic mass is 9.83. The Morgan fingerprint density at radius 1 is 0.895 bits per heavy atom. The van der Waals surface area contributed by atoms with Crippen LogP contribution in [0, 0.1) is 0 Å². The van der Waals surface area contributed by atoms with Crippen LogP contribution in [-0.2, 0) is 12.8 Å². The maximum atomic E-state index is 10.9. The van der Waals surface area contributed by atoms with Gasteiger partial charge in [0.25, 0.3) is 0 Å². The van der Waals surface area contributed by atoms with Gasteiger partial charge in [0.2, 0.25) is 0 Å². The Labute approximate surface area is 114 Å². The molecule has 0 aliphatic carbocycles. The van der Waals surface area contributed by atoms with E-state index in [2.05, 4.69) is 0 Å². The first-order valence-corrected chi connectivity index (χ1v) is 6.66. The molecule has 3 N–H and O–H groups in total. The molecule has 2 nitrogen and oxygen atoms in total.